The second-order valence-corrected chi connectivity index (χ2v) is 7.15. The fourth-order valence-electron chi connectivity index (χ4n) is 3.01. The minimum absolute atomic E-state index is 0.506. The zero-order valence-corrected chi connectivity index (χ0v) is 16.7. The molecule has 0 N–H and O–H groups in total. The van der Waals surface area contributed by atoms with E-state index in [1.807, 2.05) is 55.5 Å². The molecule has 0 fully saturated rings. The zero-order chi connectivity index (χ0) is 20.6. The van der Waals surface area contributed by atoms with E-state index < -0.39 is 0 Å². The zero-order valence-electron chi connectivity index (χ0n) is 16.7. The predicted molar refractivity (Wildman–Crippen MR) is 119 cm³/mol. The maximum atomic E-state index is 9.69. The summed E-state index contributed by atoms with van der Waals surface area (Å²) in [6.07, 6.45) is 12.1. The molecule has 0 atom stereocenters. The van der Waals surface area contributed by atoms with Gasteiger partial charge in [0.15, 0.2) is 0 Å². The van der Waals surface area contributed by atoms with Crippen LogP contribution < -0.4 is 0 Å². The Morgan fingerprint density at radius 3 is 1.76 bits per heavy atom. The number of rotatable bonds is 4. The van der Waals surface area contributed by atoms with Gasteiger partial charge in [0, 0.05) is 12.0 Å². The van der Waals surface area contributed by atoms with Crippen molar-refractivity contribution in [3.8, 4) is 12.1 Å². The Labute approximate surface area is 172 Å². The molecular weight excluding hydrogens is 352 g/mol. The monoisotopic (exact) mass is 374 g/mol. The third-order valence-corrected chi connectivity index (χ3v) is 4.73. The van der Waals surface area contributed by atoms with E-state index in [0.717, 1.165) is 22.3 Å². The van der Waals surface area contributed by atoms with Crippen LogP contribution in [0.5, 0.6) is 0 Å². The molecule has 2 aromatic carbocycles. The van der Waals surface area contributed by atoms with E-state index >= 15 is 0 Å². The quantitative estimate of drug-likeness (QED) is 0.603. The van der Waals surface area contributed by atoms with Crippen LogP contribution in [0.3, 0.4) is 0 Å². The Balaban J connectivity index is 1.93. The average molecular weight is 374 g/mol. The standard InChI is InChI=1S/C27H22N2/c1-20-3-7-22(8-4-20)11-12-24-15-25(18-28)17-26(27(16-24)19-29)14-13-23-9-5-21(2)6-10-23/h3-14,16-17H,15H2,1-2H3/b12-11+,14-13+. The van der Waals surface area contributed by atoms with Gasteiger partial charge >= 0.3 is 0 Å². The lowest BCUT2D eigenvalue weighted by Gasteiger charge is -1.99. The minimum Gasteiger partial charge on any atom is -0.193 e. The summed E-state index contributed by atoms with van der Waals surface area (Å²) in [7, 11) is 0. The lowest BCUT2D eigenvalue weighted by Crippen LogP contribution is -1.83. The van der Waals surface area contributed by atoms with Crippen molar-refractivity contribution in [1.29, 1.82) is 10.5 Å². The SMILES string of the molecule is Cc1ccc(/C=C/C2=CC(C#N)=C(/C=C/c3ccc(C)cc3)C=C(C#N)C2)cc1. The van der Waals surface area contributed by atoms with Crippen molar-refractivity contribution in [1.82, 2.24) is 0 Å². The van der Waals surface area contributed by atoms with Crippen LogP contribution in [0.1, 0.15) is 28.7 Å². The Morgan fingerprint density at radius 2 is 1.24 bits per heavy atom. The molecule has 3 rings (SSSR count). The van der Waals surface area contributed by atoms with Crippen LogP contribution in [0.2, 0.25) is 0 Å². The number of hydrogen-bond acceptors (Lipinski definition) is 2. The first kappa shape index (κ1) is 19.9. The molecule has 0 amide bonds. The molecule has 0 bridgehead atoms. The molecule has 1 aliphatic carbocycles. The molecule has 2 aromatic rings. The van der Waals surface area contributed by atoms with Crippen molar-refractivity contribution in [2.24, 2.45) is 0 Å². The van der Waals surface area contributed by atoms with Crippen LogP contribution in [-0.4, -0.2) is 0 Å². The molecule has 140 valence electrons. The molecule has 0 spiro atoms. The van der Waals surface area contributed by atoms with Gasteiger partial charge in [0.25, 0.3) is 0 Å². The summed E-state index contributed by atoms with van der Waals surface area (Å²) in [5.74, 6) is 0. The molecule has 2 nitrogen and oxygen atoms in total. The fraction of sp³-hybridized carbons (Fsp3) is 0.111. The van der Waals surface area contributed by atoms with Gasteiger partial charge in [-0.1, -0.05) is 84.0 Å². The largest absolute Gasteiger partial charge is 0.193 e. The van der Waals surface area contributed by atoms with Gasteiger partial charge in [0.1, 0.15) is 0 Å². The maximum Gasteiger partial charge on any atom is 0.0998 e. The molecule has 0 saturated carbocycles. The smallest absolute Gasteiger partial charge is 0.0998 e. The molecular formula is C27H22N2. The van der Waals surface area contributed by atoms with Crippen LogP contribution in [0, 0.1) is 36.5 Å². The Kier molecular flexibility index (Phi) is 6.41. The first-order valence-corrected chi connectivity index (χ1v) is 9.52. The van der Waals surface area contributed by atoms with E-state index in [2.05, 4.69) is 55.5 Å². The molecule has 0 aliphatic heterocycles. The van der Waals surface area contributed by atoms with E-state index in [0.29, 0.717) is 17.6 Å². The van der Waals surface area contributed by atoms with Gasteiger partial charge in [-0.15, -0.1) is 0 Å². The highest BCUT2D eigenvalue weighted by atomic mass is 14.3. The van der Waals surface area contributed by atoms with Gasteiger partial charge in [-0.3, -0.25) is 0 Å². The van der Waals surface area contributed by atoms with Crippen LogP contribution >= 0.6 is 0 Å². The summed E-state index contributed by atoms with van der Waals surface area (Å²) in [6, 6.07) is 21.0. The Morgan fingerprint density at radius 1 is 0.690 bits per heavy atom. The minimum atomic E-state index is 0.506. The van der Waals surface area contributed by atoms with Gasteiger partial charge < -0.3 is 0 Å². The van der Waals surface area contributed by atoms with Crippen molar-refractivity contribution in [2.75, 3.05) is 0 Å². The van der Waals surface area contributed by atoms with Gasteiger partial charge in [-0.25, -0.2) is 0 Å². The van der Waals surface area contributed by atoms with E-state index in [9.17, 15) is 10.5 Å². The Hall–Kier alpha value is -3.88. The number of aryl methyl sites for hydroxylation is 2. The number of allylic oxidation sites excluding steroid dienone is 8. The summed E-state index contributed by atoms with van der Waals surface area (Å²) in [5, 5.41) is 19.2. The van der Waals surface area contributed by atoms with Crippen molar-refractivity contribution in [2.45, 2.75) is 20.3 Å². The number of benzene rings is 2. The third-order valence-electron chi connectivity index (χ3n) is 4.73. The summed E-state index contributed by atoms with van der Waals surface area (Å²) >= 11 is 0. The molecule has 0 saturated heterocycles. The summed E-state index contributed by atoms with van der Waals surface area (Å²) in [6.45, 7) is 4.11. The highest BCUT2D eigenvalue weighted by Crippen LogP contribution is 2.25. The number of nitriles is 2. The lowest BCUT2D eigenvalue weighted by atomic mass is 10.0. The van der Waals surface area contributed by atoms with Crippen LogP contribution in [-0.2, 0) is 0 Å². The topological polar surface area (TPSA) is 47.6 Å². The highest BCUT2D eigenvalue weighted by molar-refractivity contribution is 5.63. The number of hydrogen-bond donors (Lipinski definition) is 0. The molecule has 0 radical (unpaired) electrons. The second kappa shape index (κ2) is 9.36. The Bertz CT molecular complexity index is 1120. The van der Waals surface area contributed by atoms with Crippen LogP contribution in [0.15, 0.2) is 95.1 Å². The van der Waals surface area contributed by atoms with Gasteiger partial charge in [0.2, 0.25) is 0 Å². The van der Waals surface area contributed by atoms with Gasteiger partial charge in [0.05, 0.1) is 17.7 Å². The van der Waals surface area contributed by atoms with E-state index in [4.69, 9.17) is 0 Å². The van der Waals surface area contributed by atoms with Crippen molar-refractivity contribution < 1.29 is 0 Å². The second-order valence-electron chi connectivity index (χ2n) is 7.15. The third kappa shape index (κ3) is 5.55. The predicted octanol–water partition coefficient (Wildman–Crippen LogP) is 6.63. The first-order chi connectivity index (χ1) is 14.1. The van der Waals surface area contributed by atoms with Crippen molar-refractivity contribution >= 4 is 12.2 Å². The summed E-state index contributed by atoms with van der Waals surface area (Å²) in [4.78, 5) is 0. The lowest BCUT2D eigenvalue weighted by molar-refractivity contribution is 1.21. The summed E-state index contributed by atoms with van der Waals surface area (Å²) in [5.41, 5.74) is 7.45. The van der Waals surface area contributed by atoms with Gasteiger partial charge in [-0.05, 0) is 48.3 Å². The van der Waals surface area contributed by atoms with E-state index in [-0.39, 0.29) is 0 Å². The van der Waals surface area contributed by atoms with Crippen LogP contribution in [0.25, 0.3) is 12.2 Å². The molecule has 2 heteroatoms. The van der Waals surface area contributed by atoms with Crippen molar-refractivity contribution in [3.63, 3.8) is 0 Å². The fourth-order valence-corrected chi connectivity index (χ4v) is 3.01. The van der Waals surface area contributed by atoms with Crippen LogP contribution in [0.4, 0.5) is 0 Å². The molecule has 1 aliphatic rings. The molecule has 0 heterocycles. The highest BCUT2D eigenvalue weighted by Gasteiger charge is 2.10. The normalized spacial score (nSPS) is 14.3. The molecule has 0 aromatic heterocycles. The number of nitrogens with zero attached hydrogens (tertiary/aromatic N) is 2. The average Bonchev–Trinajstić information content (AvgIpc) is 2.91. The maximum absolute atomic E-state index is 9.69. The van der Waals surface area contributed by atoms with E-state index in [1.165, 1.54) is 11.1 Å². The molecule has 29 heavy (non-hydrogen) atoms. The first-order valence-electron chi connectivity index (χ1n) is 9.52. The van der Waals surface area contributed by atoms with Gasteiger partial charge in [-0.2, -0.15) is 10.5 Å². The molecule has 0 unspecified atom stereocenters. The van der Waals surface area contributed by atoms with Crippen molar-refractivity contribution in [3.05, 3.63) is 117 Å². The summed E-state index contributed by atoms with van der Waals surface area (Å²) < 4.78 is 0. The van der Waals surface area contributed by atoms with E-state index in [1.54, 1.807) is 0 Å².